The molecule has 1 aliphatic carbocycles. The Balaban J connectivity index is 1.54. The van der Waals surface area contributed by atoms with Crippen molar-refractivity contribution < 1.29 is 4.39 Å². The lowest BCUT2D eigenvalue weighted by atomic mass is 9.95. The molecule has 4 N–H and O–H groups in total. The van der Waals surface area contributed by atoms with Crippen molar-refractivity contribution in [2.24, 2.45) is 0 Å². The standard InChI is InChI=1S/C26H32FN5/c1-17-15-32(11-8-19-4-6-22(27)7-5-19)16-21-13-23(24(28)14-25(21)30-17)26(29)20-9-10-31(3)18(2)12-20/h4-6,9,12-14,22,29-30H,1,7-8,10-11,15-16,28H2,2-3H3. The highest BCUT2D eigenvalue weighted by molar-refractivity contribution is 6.15. The predicted octanol–water partition coefficient (Wildman–Crippen LogP) is 4.77. The fourth-order valence-corrected chi connectivity index (χ4v) is 4.29. The molecule has 4 rings (SSSR count). The molecule has 5 nitrogen and oxygen atoms in total. The topological polar surface area (TPSA) is 68.4 Å². The van der Waals surface area contributed by atoms with Gasteiger partial charge in [-0.1, -0.05) is 36.5 Å². The number of benzene rings is 1. The number of halogens is 1. The number of rotatable bonds is 5. The van der Waals surface area contributed by atoms with E-state index in [-0.39, 0.29) is 0 Å². The van der Waals surface area contributed by atoms with Gasteiger partial charge in [-0.25, -0.2) is 4.39 Å². The van der Waals surface area contributed by atoms with Gasteiger partial charge in [0.15, 0.2) is 0 Å². The molecule has 0 amide bonds. The highest BCUT2D eigenvalue weighted by atomic mass is 19.1. The molecule has 2 heterocycles. The highest BCUT2D eigenvalue weighted by Crippen LogP contribution is 2.31. The van der Waals surface area contributed by atoms with Crippen molar-refractivity contribution in [1.29, 1.82) is 5.41 Å². The highest BCUT2D eigenvalue weighted by Gasteiger charge is 2.21. The summed E-state index contributed by atoms with van der Waals surface area (Å²) in [5.74, 6) is 0. The molecule has 1 aromatic rings. The lowest BCUT2D eigenvalue weighted by molar-refractivity contribution is 0.296. The van der Waals surface area contributed by atoms with Gasteiger partial charge in [-0.3, -0.25) is 10.3 Å². The summed E-state index contributed by atoms with van der Waals surface area (Å²) in [6.45, 7) is 9.32. The Morgan fingerprint density at radius 3 is 2.84 bits per heavy atom. The summed E-state index contributed by atoms with van der Waals surface area (Å²) in [4.78, 5) is 4.48. The van der Waals surface area contributed by atoms with Crippen molar-refractivity contribution in [3.8, 4) is 0 Å². The van der Waals surface area contributed by atoms with Crippen LogP contribution in [0.2, 0.25) is 0 Å². The van der Waals surface area contributed by atoms with Gasteiger partial charge in [0.1, 0.15) is 6.17 Å². The van der Waals surface area contributed by atoms with Crippen LogP contribution in [0.4, 0.5) is 15.8 Å². The van der Waals surface area contributed by atoms with Gasteiger partial charge in [-0.2, -0.15) is 0 Å². The summed E-state index contributed by atoms with van der Waals surface area (Å²) < 4.78 is 13.3. The average molecular weight is 434 g/mol. The van der Waals surface area contributed by atoms with Crippen LogP contribution in [0, 0.1) is 5.41 Å². The van der Waals surface area contributed by atoms with E-state index in [1.165, 1.54) is 5.57 Å². The molecule has 32 heavy (non-hydrogen) atoms. The Morgan fingerprint density at radius 1 is 1.31 bits per heavy atom. The molecule has 1 unspecified atom stereocenters. The number of nitrogens with one attached hydrogen (secondary N) is 2. The molecule has 6 heteroatoms. The lowest BCUT2D eigenvalue weighted by Gasteiger charge is -2.24. The summed E-state index contributed by atoms with van der Waals surface area (Å²) >= 11 is 0. The quantitative estimate of drug-likeness (QED) is 0.462. The van der Waals surface area contributed by atoms with Crippen molar-refractivity contribution in [2.45, 2.75) is 32.5 Å². The molecule has 168 valence electrons. The largest absolute Gasteiger partial charge is 0.398 e. The van der Waals surface area contributed by atoms with Gasteiger partial charge >= 0.3 is 0 Å². The maximum absolute atomic E-state index is 13.3. The van der Waals surface area contributed by atoms with E-state index in [0.29, 0.717) is 17.8 Å². The lowest BCUT2D eigenvalue weighted by Crippen LogP contribution is -2.26. The van der Waals surface area contributed by atoms with Gasteiger partial charge < -0.3 is 16.0 Å². The average Bonchev–Trinajstić information content (AvgIpc) is 2.91. The first-order chi connectivity index (χ1) is 15.3. The number of likely N-dealkylation sites (N-methyl/N-ethyl adjacent to an activating group) is 1. The van der Waals surface area contributed by atoms with Crippen LogP contribution in [0.25, 0.3) is 0 Å². The molecule has 1 aromatic carbocycles. The first-order valence-electron chi connectivity index (χ1n) is 11.1. The van der Waals surface area contributed by atoms with Crippen LogP contribution in [-0.4, -0.2) is 48.4 Å². The third-order valence-electron chi connectivity index (χ3n) is 6.35. The zero-order valence-corrected chi connectivity index (χ0v) is 18.9. The van der Waals surface area contributed by atoms with Gasteiger partial charge in [0, 0.05) is 68.0 Å². The van der Waals surface area contributed by atoms with Crippen molar-refractivity contribution in [1.82, 2.24) is 9.80 Å². The number of alkyl halides is 1. The molecule has 0 saturated heterocycles. The van der Waals surface area contributed by atoms with Crippen LogP contribution >= 0.6 is 0 Å². The number of nitrogen functional groups attached to an aromatic ring is 1. The Morgan fingerprint density at radius 2 is 2.12 bits per heavy atom. The number of allylic oxidation sites excluding steroid dienone is 6. The molecule has 0 spiro atoms. The molecule has 3 aliphatic rings. The zero-order chi connectivity index (χ0) is 22.8. The van der Waals surface area contributed by atoms with E-state index in [0.717, 1.165) is 66.4 Å². The van der Waals surface area contributed by atoms with E-state index in [9.17, 15) is 4.39 Å². The molecule has 0 aromatic heterocycles. The van der Waals surface area contributed by atoms with E-state index in [1.807, 2.05) is 37.4 Å². The molecule has 0 saturated carbocycles. The van der Waals surface area contributed by atoms with Gasteiger partial charge in [-0.15, -0.1) is 0 Å². The SMILES string of the molecule is C=C1CN(CCC2=CCC(F)C=C2)Cc2cc(C(=N)C3=CCN(C)C(C)=C3)c(N)cc2N1. The summed E-state index contributed by atoms with van der Waals surface area (Å²) in [6.07, 6.45) is 10.1. The second-order valence-electron chi connectivity index (χ2n) is 8.88. The summed E-state index contributed by atoms with van der Waals surface area (Å²) in [7, 11) is 2.04. The van der Waals surface area contributed by atoms with Crippen LogP contribution in [0.15, 0.2) is 71.6 Å². The predicted molar refractivity (Wildman–Crippen MR) is 132 cm³/mol. The molecule has 0 bridgehead atoms. The summed E-state index contributed by atoms with van der Waals surface area (Å²) in [6, 6.07) is 3.97. The van der Waals surface area contributed by atoms with Gasteiger partial charge in [-0.05, 0) is 42.7 Å². The first kappa shape index (κ1) is 22.1. The minimum atomic E-state index is -0.856. The van der Waals surface area contributed by atoms with Gasteiger partial charge in [0.05, 0.1) is 5.71 Å². The van der Waals surface area contributed by atoms with E-state index in [4.69, 9.17) is 11.1 Å². The maximum atomic E-state index is 13.3. The first-order valence-corrected chi connectivity index (χ1v) is 11.1. The Hall–Kier alpha value is -3.12. The monoisotopic (exact) mass is 433 g/mol. The zero-order valence-electron chi connectivity index (χ0n) is 18.9. The fraction of sp³-hybridized carbons (Fsp3) is 0.346. The number of anilines is 2. The van der Waals surface area contributed by atoms with Crippen molar-refractivity contribution in [3.05, 3.63) is 82.8 Å². The summed E-state index contributed by atoms with van der Waals surface area (Å²) in [5, 5.41) is 12.2. The van der Waals surface area contributed by atoms with Crippen LogP contribution in [0.5, 0.6) is 0 Å². The molecule has 0 fully saturated rings. The van der Waals surface area contributed by atoms with E-state index < -0.39 is 6.17 Å². The van der Waals surface area contributed by atoms with Crippen molar-refractivity contribution >= 4 is 17.1 Å². The number of nitrogens with two attached hydrogens (primary N) is 1. The molecule has 2 aliphatic heterocycles. The molecule has 0 radical (unpaired) electrons. The van der Waals surface area contributed by atoms with Crippen molar-refractivity contribution in [2.75, 3.05) is 37.7 Å². The van der Waals surface area contributed by atoms with Crippen molar-refractivity contribution in [3.63, 3.8) is 0 Å². The van der Waals surface area contributed by atoms with Gasteiger partial charge in [0.25, 0.3) is 0 Å². The minimum Gasteiger partial charge on any atom is -0.398 e. The molecule has 1 atom stereocenters. The maximum Gasteiger partial charge on any atom is 0.122 e. The Labute approximate surface area is 190 Å². The van der Waals surface area contributed by atoms with E-state index in [1.54, 1.807) is 6.08 Å². The minimum absolute atomic E-state index is 0.450. The number of fused-ring (bicyclic) bond motifs is 1. The van der Waals surface area contributed by atoms with Crippen LogP contribution in [0.1, 0.15) is 30.9 Å². The second-order valence-corrected chi connectivity index (χ2v) is 8.88. The normalized spacial score (nSPS) is 21.2. The Kier molecular flexibility index (Phi) is 6.33. The van der Waals surface area contributed by atoms with Gasteiger partial charge in [0.2, 0.25) is 0 Å². The fourth-order valence-electron chi connectivity index (χ4n) is 4.29. The van der Waals surface area contributed by atoms with Crippen LogP contribution < -0.4 is 11.1 Å². The number of nitrogens with zero attached hydrogens (tertiary/aromatic N) is 2. The van der Waals surface area contributed by atoms with E-state index >= 15 is 0 Å². The third-order valence-corrected chi connectivity index (χ3v) is 6.35. The molecular weight excluding hydrogens is 401 g/mol. The Bertz CT molecular complexity index is 1060. The van der Waals surface area contributed by atoms with Crippen LogP contribution in [-0.2, 0) is 6.54 Å². The number of hydrogen-bond donors (Lipinski definition) is 3. The van der Waals surface area contributed by atoms with Crippen LogP contribution in [0.3, 0.4) is 0 Å². The van der Waals surface area contributed by atoms with E-state index in [2.05, 4.69) is 34.7 Å². The number of hydrogen-bond acceptors (Lipinski definition) is 5. The summed E-state index contributed by atoms with van der Waals surface area (Å²) in [5.41, 5.74) is 14.4. The third kappa shape index (κ3) is 4.86. The molecular formula is C26H32FN5. The smallest absolute Gasteiger partial charge is 0.122 e. The second kappa shape index (κ2) is 9.17.